The summed E-state index contributed by atoms with van der Waals surface area (Å²) in [6.07, 6.45) is 5.20. The number of aliphatic carboxylic acids is 2. The van der Waals surface area contributed by atoms with E-state index >= 15 is 0 Å². The summed E-state index contributed by atoms with van der Waals surface area (Å²) in [6, 6.07) is 0.657. The van der Waals surface area contributed by atoms with Gasteiger partial charge in [0.15, 0.2) is 0 Å². The number of hydrogen-bond donors (Lipinski definition) is 2. The van der Waals surface area contributed by atoms with E-state index < -0.39 is 31.8 Å². The molecule has 6 nitrogen and oxygen atoms in total. The highest BCUT2D eigenvalue weighted by molar-refractivity contribution is 6.66. The fourth-order valence-electron chi connectivity index (χ4n) is 3.36. The Morgan fingerprint density at radius 1 is 1.26 bits per heavy atom. The maximum absolute atomic E-state index is 11.8. The van der Waals surface area contributed by atoms with Crippen molar-refractivity contribution >= 4 is 20.5 Å². The first kappa shape index (κ1) is 19.9. The minimum Gasteiger partial charge on any atom is -0.481 e. The summed E-state index contributed by atoms with van der Waals surface area (Å²) in [7, 11) is -2.32. The third-order valence-corrected chi connectivity index (χ3v) is 7.54. The van der Waals surface area contributed by atoms with Gasteiger partial charge in [0.2, 0.25) is 0 Å². The Kier molecular flexibility index (Phi) is 7.43. The highest BCUT2D eigenvalue weighted by Gasteiger charge is 2.48. The quantitative estimate of drug-likeness (QED) is 0.467. The average Bonchev–Trinajstić information content (AvgIpc) is 2.47. The van der Waals surface area contributed by atoms with Gasteiger partial charge >= 0.3 is 20.5 Å². The van der Waals surface area contributed by atoms with E-state index in [4.69, 9.17) is 8.85 Å². The number of carboxylic acid groups (broad SMARTS) is 2. The van der Waals surface area contributed by atoms with Crippen LogP contribution in [0.4, 0.5) is 0 Å². The third kappa shape index (κ3) is 4.89. The van der Waals surface area contributed by atoms with Crippen LogP contribution in [0.2, 0.25) is 12.6 Å². The molecule has 1 aliphatic rings. The van der Waals surface area contributed by atoms with Crippen LogP contribution >= 0.6 is 0 Å². The molecule has 0 aliphatic heterocycles. The molecule has 0 radical (unpaired) electrons. The molecule has 2 N–H and O–H groups in total. The third-order valence-electron chi connectivity index (χ3n) is 4.48. The Morgan fingerprint density at radius 3 is 2.35 bits per heavy atom. The van der Waals surface area contributed by atoms with Crippen LogP contribution in [0.15, 0.2) is 12.2 Å². The van der Waals surface area contributed by atoms with Crippen molar-refractivity contribution < 1.29 is 28.7 Å². The van der Waals surface area contributed by atoms with Crippen molar-refractivity contribution in [1.29, 1.82) is 0 Å². The Labute approximate surface area is 138 Å². The Hall–Kier alpha value is -1.18. The molecule has 0 amide bonds. The summed E-state index contributed by atoms with van der Waals surface area (Å²) in [5, 5.41) is 19.1. The molecule has 0 saturated carbocycles. The highest BCUT2D eigenvalue weighted by Crippen LogP contribution is 2.42. The molecule has 1 rings (SSSR count). The largest absolute Gasteiger partial charge is 0.481 e. The molecule has 132 valence electrons. The van der Waals surface area contributed by atoms with Crippen LogP contribution in [-0.4, -0.2) is 43.9 Å². The molecule has 23 heavy (non-hydrogen) atoms. The van der Waals surface area contributed by atoms with Crippen molar-refractivity contribution in [3.8, 4) is 0 Å². The topological polar surface area (TPSA) is 93.1 Å². The van der Waals surface area contributed by atoms with Gasteiger partial charge in [-0.2, -0.15) is 0 Å². The van der Waals surface area contributed by atoms with E-state index in [-0.39, 0.29) is 0 Å². The normalized spacial score (nSPS) is 24.6. The number of hydrogen-bond acceptors (Lipinski definition) is 4. The molecule has 0 spiro atoms. The maximum atomic E-state index is 11.8. The summed E-state index contributed by atoms with van der Waals surface area (Å²) < 4.78 is 11.5. The number of rotatable bonds is 10. The summed E-state index contributed by atoms with van der Waals surface area (Å²) in [6.45, 7) is 6.91. The van der Waals surface area contributed by atoms with Crippen molar-refractivity contribution in [1.82, 2.24) is 0 Å². The monoisotopic (exact) mass is 344 g/mol. The molecule has 2 unspecified atom stereocenters. The average molecular weight is 344 g/mol. The molecule has 0 saturated heterocycles. The lowest BCUT2D eigenvalue weighted by Gasteiger charge is -2.35. The van der Waals surface area contributed by atoms with Crippen LogP contribution < -0.4 is 0 Å². The van der Waals surface area contributed by atoms with E-state index in [0.717, 1.165) is 0 Å². The van der Waals surface area contributed by atoms with Crippen molar-refractivity contribution in [2.24, 2.45) is 11.3 Å². The van der Waals surface area contributed by atoms with Crippen molar-refractivity contribution in [2.75, 3.05) is 13.2 Å². The molecule has 1 aliphatic carbocycles. The molecule has 0 heterocycles. The zero-order chi connectivity index (χ0) is 17.5. The van der Waals surface area contributed by atoms with Crippen LogP contribution in [0.25, 0.3) is 0 Å². The SMILES string of the molecule is CCO[Si](C)(CCCC1(C(=O)O)C=CCCC1C(=O)O)OCC. The predicted molar refractivity (Wildman–Crippen MR) is 88.5 cm³/mol. The first-order valence-electron chi connectivity index (χ1n) is 8.23. The lowest BCUT2D eigenvalue weighted by atomic mass is 9.67. The minimum absolute atomic E-state index is 0.290. The minimum atomic E-state index is -2.32. The van der Waals surface area contributed by atoms with Gasteiger partial charge in [-0.25, -0.2) is 0 Å². The standard InChI is InChI=1S/C16H28O6Si/c1-4-21-23(3,22-5-2)12-8-11-16(15(19)20)10-7-6-9-13(16)14(17)18/h7,10,13H,4-6,8-9,11-12H2,1-3H3,(H,17,18)(H,19,20). The summed E-state index contributed by atoms with van der Waals surface area (Å²) in [5.74, 6) is -2.97. The lowest BCUT2D eigenvalue weighted by Crippen LogP contribution is -2.44. The Bertz CT molecular complexity index is 444. The van der Waals surface area contributed by atoms with Crippen LogP contribution in [-0.2, 0) is 18.4 Å². The van der Waals surface area contributed by atoms with Gasteiger partial charge in [0.25, 0.3) is 0 Å². The van der Waals surface area contributed by atoms with E-state index in [9.17, 15) is 19.8 Å². The van der Waals surface area contributed by atoms with Gasteiger partial charge in [-0.05, 0) is 52.1 Å². The van der Waals surface area contributed by atoms with E-state index in [0.29, 0.717) is 44.9 Å². The van der Waals surface area contributed by atoms with Crippen LogP contribution in [0.3, 0.4) is 0 Å². The summed E-state index contributed by atoms with van der Waals surface area (Å²) in [4.78, 5) is 23.3. The second-order valence-corrected chi connectivity index (χ2v) is 9.41. The number of allylic oxidation sites excluding steroid dienone is 1. The predicted octanol–water partition coefficient (Wildman–Crippen LogP) is 3.03. The van der Waals surface area contributed by atoms with Crippen LogP contribution in [0.5, 0.6) is 0 Å². The molecule has 0 fully saturated rings. The van der Waals surface area contributed by atoms with E-state index in [1.807, 2.05) is 20.4 Å². The second kappa shape index (κ2) is 8.61. The zero-order valence-electron chi connectivity index (χ0n) is 14.2. The Morgan fingerprint density at radius 2 is 1.87 bits per heavy atom. The van der Waals surface area contributed by atoms with Gasteiger partial charge in [0, 0.05) is 13.2 Å². The molecule has 2 atom stereocenters. The van der Waals surface area contributed by atoms with E-state index in [1.165, 1.54) is 0 Å². The summed E-state index contributed by atoms with van der Waals surface area (Å²) in [5.41, 5.74) is -1.32. The molecule has 7 heteroatoms. The molecule has 0 aromatic heterocycles. The zero-order valence-corrected chi connectivity index (χ0v) is 15.2. The fourth-order valence-corrected chi connectivity index (χ4v) is 5.77. The van der Waals surface area contributed by atoms with Gasteiger partial charge in [-0.1, -0.05) is 12.2 Å². The van der Waals surface area contributed by atoms with Gasteiger partial charge in [-0.15, -0.1) is 0 Å². The van der Waals surface area contributed by atoms with E-state index in [1.54, 1.807) is 12.2 Å². The van der Waals surface area contributed by atoms with Gasteiger partial charge in [-0.3, -0.25) is 9.59 Å². The number of carbonyl (C=O) groups is 2. The first-order chi connectivity index (χ1) is 10.8. The number of carboxylic acids is 2. The van der Waals surface area contributed by atoms with Crippen molar-refractivity contribution in [2.45, 2.75) is 52.1 Å². The highest BCUT2D eigenvalue weighted by atomic mass is 28.4. The molecule has 0 aromatic carbocycles. The Balaban J connectivity index is 2.84. The van der Waals surface area contributed by atoms with Gasteiger partial charge in [0.1, 0.15) is 0 Å². The van der Waals surface area contributed by atoms with Gasteiger partial charge in [0.05, 0.1) is 11.3 Å². The second-order valence-electron chi connectivity index (χ2n) is 6.07. The first-order valence-corrected chi connectivity index (χ1v) is 10.8. The lowest BCUT2D eigenvalue weighted by molar-refractivity contribution is -0.160. The maximum Gasteiger partial charge on any atom is 0.334 e. The van der Waals surface area contributed by atoms with Crippen molar-refractivity contribution in [3.05, 3.63) is 12.2 Å². The fraction of sp³-hybridized carbons (Fsp3) is 0.750. The van der Waals surface area contributed by atoms with Crippen molar-refractivity contribution in [3.63, 3.8) is 0 Å². The molecule has 0 bridgehead atoms. The van der Waals surface area contributed by atoms with E-state index in [2.05, 4.69) is 0 Å². The van der Waals surface area contributed by atoms with Crippen LogP contribution in [0, 0.1) is 11.3 Å². The molecular formula is C16H28O6Si. The van der Waals surface area contributed by atoms with Crippen LogP contribution in [0.1, 0.15) is 39.5 Å². The smallest absolute Gasteiger partial charge is 0.334 e. The van der Waals surface area contributed by atoms with Gasteiger partial charge < -0.3 is 19.1 Å². The summed E-state index contributed by atoms with van der Waals surface area (Å²) >= 11 is 0. The molecule has 0 aromatic rings. The molecular weight excluding hydrogens is 316 g/mol.